The van der Waals surface area contributed by atoms with Crippen LogP contribution in [0.5, 0.6) is 0 Å². The van der Waals surface area contributed by atoms with E-state index in [1.54, 1.807) is 66.7 Å². The molecule has 204 valence electrons. The number of benzene rings is 4. The minimum atomic E-state index is -0.479. The van der Waals surface area contributed by atoms with E-state index < -0.39 is 11.9 Å². The van der Waals surface area contributed by atoms with Gasteiger partial charge in [0.1, 0.15) is 5.52 Å². The van der Waals surface area contributed by atoms with Crippen molar-refractivity contribution in [1.29, 1.82) is 0 Å². The second-order valence-corrected chi connectivity index (χ2v) is 8.82. The number of anilines is 2. The monoisotopic (exact) mass is 549 g/mol. The molecule has 0 radical (unpaired) electrons. The third-order valence-electron chi connectivity index (χ3n) is 6.17. The Bertz CT molecular complexity index is 1760. The van der Waals surface area contributed by atoms with Gasteiger partial charge in [0.25, 0.3) is 11.8 Å². The average molecular weight is 550 g/mol. The van der Waals surface area contributed by atoms with Gasteiger partial charge in [-0.25, -0.2) is 14.6 Å². The molecule has 10 nitrogen and oxygen atoms in total. The molecule has 1 aromatic heterocycles. The molecule has 0 aliphatic heterocycles. The molecular weight excluding hydrogens is 526 g/mol. The number of rotatable bonds is 7. The number of nitrogens with zero attached hydrogens (tertiary/aromatic N) is 1. The summed E-state index contributed by atoms with van der Waals surface area (Å²) in [4.78, 5) is 53.0. The van der Waals surface area contributed by atoms with Crippen molar-refractivity contribution in [3.8, 4) is 11.5 Å². The van der Waals surface area contributed by atoms with Gasteiger partial charge in [-0.15, -0.1) is 0 Å². The Morgan fingerprint density at radius 3 is 1.59 bits per heavy atom. The van der Waals surface area contributed by atoms with Crippen LogP contribution in [0.15, 0.2) is 95.4 Å². The van der Waals surface area contributed by atoms with Gasteiger partial charge < -0.3 is 24.5 Å². The Hall–Kier alpha value is -5.77. The topological polar surface area (TPSA) is 137 Å². The highest BCUT2D eigenvalue weighted by atomic mass is 16.5. The van der Waals surface area contributed by atoms with Gasteiger partial charge in [0.2, 0.25) is 5.89 Å². The Morgan fingerprint density at radius 1 is 0.610 bits per heavy atom. The molecular formula is C31H23N3O7. The molecule has 1 heterocycles. The van der Waals surface area contributed by atoms with Gasteiger partial charge in [0.15, 0.2) is 5.58 Å². The van der Waals surface area contributed by atoms with Crippen LogP contribution in [-0.4, -0.2) is 43.0 Å². The van der Waals surface area contributed by atoms with Crippen LogP contribution in [0, 0.1) is 0 Å². The van der Waals surface area contributed by atoms with Crippen LogP contribution in [0.4, 0.5) is 11.4 Å². The minimum absolute atomic E-state index is 0.329. The number of aromatic nitrogens is 1. The Morgan fingerprint density at radius 2 is 1.07 bits per heavy atom. The molecule has 10 heteroatoms. The fourth-order valence-electron chi connectivity index (χ4n) is 3.98. The molecule has 0 atom stereocenters. The van der Waals surface area contributed by atoms with E-state index in [2.05, 4.69) is 25.1 Å². The van der Waals surface area contributed by atoms with Crippen molar-refractivity contribution in [2.75, 3.05) is 24.9 Å². The third-order valence-corrected chi connectivity index (χ3v) is 6.17. The Balaban J connectivity index is 1.25. The highest BCUT2D eigenvalue weighted by Crippen LogP contribution is 2.27. The lowest BCUT2D eigenvalue weighted by Gasteiger charge is -2.06. The second-order valence-electron chi connectivity index (χ2n) is 8.82. The number of carbonyl (C=O) groups excluding carboxylic acids is 4. The molecule has 0 fully saturated rings. The number of amides is 2. The normalized spacial score (nSPS) is 10.6. The summed E-state index contributed by atoms with van der Waals surface area (Å²) >= 11 is 0. The number of carbonyl (C=O) groups is 4. The molecule has 0 unspecified atom stereocenters. The number of hydrogen-bond acceptors (Lipinski definition) is 8. The third kappa shape index (κ3) is 5.96. The van der Waals surface area contributed by atoms with Gasteiger partial charge in [-0.05, 0) is 91.0 Å². The van der Waals surface area contributed by atoms with Crippen LogP contribution in [-0.2, 0) is 9.47 Å². The Labute approximate surface area is 233 Å². The van der Waals surface area contributed by atoms with E-state index in [1.165, 1.54) is 38.5 Å². The zero-order valence-corrected chi connectivity index (χ0v) is 22.0. The quantitative estimate of drug-likeness (QED) is 0.251. The van der Waals surface area contributed by atoms with Gasteiger partial charge in [0.05, 0.1) is 25.3 Å². The molecule has 0 saturated carbocycles. The molecule has 0 aliphatic rings. The zero-order valence-electron chi connectivity index (χ0n) is 22.0. The molecule has 0 aliphatic carbocycles. The summed E-state index contributed by atoms with van der Waals surface area (Å²) in [6.45, 7) is 0. The van der Waals surface area contributed by atoms with Crippen LogP contribution in [0.1, 0.15) is 41.4 Å². The first-order valence-electron chi connectivity index (χ1n) is 12.3. The summed E-state index contributed by atoms with van der Waals surface area (Å²) in [7, 11) is 2.59. The van der Waals surface area contributed by atoms with Crippen molar-refractivity contribution in [3.05, 3.63) is 113 Å². The van der Waals surface area contributed by atoms with Gasteiger partial charge >= 0.3 is 11.9 Å². The standard InChI is InChI=1S/C31H23N3O7/c1-39-30(37)21-7-3-18(4-8-21)27(35)32-23-13-11-20(12-14-23)29-34-25-17-24(15-16-26(25)41-29)33-28(36)19-5-9-22(10-6-19)31(38)40-2/h3-17H,1-2H3,(H,32,35)(H,33,36). The highest BCUT2D eigenvalue weighted by Gasteiger charge is 2.14. The number of ether oxygens (including phenoxy) is 2. The van der Waals surface area contributed by atoms with Crippen LogP contribution >= 0.6 is 0 Å². The number of oxazole rings is 1. The molecule has 41 heavy (non-hydrogen) atoms. The largest absolute Gasteiger partial charge is 0.465 e. The fraction of sp³-hybridized carbons (Fsp3) is 0.0645. The Kier molecular flexibility index (Phi) is 7.55. The van der Waals surface area contributed by atoms with Crippen LogP contribution < -0.4 is 10.6 Å². The highest BCUT2D eigenvalue weighted by molar-refractivity contribution is 6.06. The van der Waals surface area contributed by atoms with Crippen molar-refractivity contribution >= 4 is 46.2 Å². The first-order valence-corrected chi connectivity index (χ1v) is 12.3. The lowest BCUT2D eigenvalue weighted by Crippen LogP contribution is -2.12. The van der Waals surface area contributed by atoms with E-state index >= 15 is 0 Å². The van der Waals surface area contributed by atoms with Gasteiger partial charge in [-0.1, -0.05) is 0 Å². The zero-order chi connectivity index (χ0) is 28.9. The molecule has 0 saturated heterocycles. The van der Waals surface area contributed by atoms with E-state index in [4.69, 9.17) is 4.42 Å². The number of esters is 2. The van der Waals surface area contributed by atoms with Crippen molar-refractivity contribution in [1.82, 2.24) is 4.98 Å². The molecule has 2 N–H and O–H groups in total. The van der Waals surface area contributed by atoms with Crippen molar-refractivity contribution in [2.24, 2.45) is 0 Å². The lowest BCUT2D eigenvalue weighted by atomic mass is 10.1. The number of hydrogen-bond donors (Lipinski definition) is 2. The maximum absolute atomic E-state index is 12.7. The van der Waals surface area contributed by atoms with E-state index in [1.807, 2.05) is 0 Å². The molecule has 5 aromatic rings. The first kappa shape index (κ1) is 26.8. The SMILES string of the molecule is COC(=O)c1ccc(C(=O)Nc2ccc(-c3nc4cc(NC(=O)c5ccc(C(=O)OC)cc5)ccc4o3)cc2)cc1. The number of methoxy groups -OCH3 is 2. The molecule has 0 spiro atoms. The van der Waals surface area contributed by atoms with Crippen molar-refractivity contribution in [2.45, 2.75) is 0 Å². The van der Waals surface area contributed by atoms with Crippen molar-refractivity contribution < 1.29 is 33.1 Å². The molecule has 0 bridgehead atoms. The number of nitrogens with one attached hydrogen (secondary N) is 2. The second kappa shape index (κ2) is 11.5. The minimum Gasteiger partial charge on any atom is -0.465 e. The summed E-state index contributed by atoms with van der Waals surface area (Å²) in [6.07, 6.45) is 0. The van der Waals surface area contributed by atoms with Crippen molar-refractivity contribution in [3.63, 3.8) is 0 Å². The van der Waals surface area contributed by atoms with E-state index in [0.717, 1.165) is 0 Å². The maximum Gasteiger partial charge on any atom is 0.337 e. The van der Waals surface area contributed by atoms with E-state index in [9.17, 15) is 19.2 Å². The summed E-state index contributed by atoms with van der Waals surface area (Å²) in [5.74, 6) is -1.26. The predicted molar refractivity (Wildman–Crippen MR) is 151 cm³/mol. The fourth-order valence-corrected chi connectivity index (χ4v) is 3.98. The van der Waals surface area contributed by atoms with Gasteiger partial charge in [-0.3, -0.25) is 9.59 Å². The molecule has 2 amide bonds. The summed E-state index contributed by atoms with van der Waals surface area (Å²) < 4.78 is 15.2. The number of fused-ring (bicyclic) bond motifs is 1. The van der Waals surface area contributed by atoms with E-state index in [-0.39, 0.29) is 11.8 Å². The van der Waals surface area contributed by atoms with E-state index in [0.29, 0.717) is 56.2 Å². The maximum atomic E-state index is 12.7. The summed E-state index contributed by atoms with van der Waals surface area (Å²) in [5, 5.41) is 5.62. The summed E-state index contributed by atoms with van der Waals surface area (Å²) in [5.41, 5.74) is 4.34. The smallest absolute Gasteiger partial charge is 0.337 e. The average Bonchev–Trinajstić information content (AvgIpc) is 3.44. The van der Waals surface area contributed by atoms with Gasteiger partial charge in [0, 0.05) is 28.1 Å². The molecule has 4 aromatic carbocycles. The lowest BCUT2D eigenvalue weighted by molar-refractivity contribution is 0.0592. The molecule has 5 rings (SSSR count). The van der Waals surface area contributed by atoms with Crippen LogP contribution in [0.25, 0.3) is 22.6 Å². The van der Waals surface area contributed by atoms with Gasteiger partial charge in [-0.2, -0.15) is 0 Å². The summed E-state index contributed by atoms with van der Waals surface area (Å²) in [6, 6.07) is 24.4. The predicted octanol–water partition coefficient (Wildman–Crippen LogP) is 5.57. The van der Waals surface area contributed by atoms with Crippen LogP contribution in [0.2, 0.25) is 0 Å². The first-order chi connectivity index (χ1) is 19.8. The van der Waals surface area contributed by atoms with Crippen LogP contribution in [0.3, 0.4) is 0 Å².